The van der Waals surface area contributed by atoms with Crippen molar-refractivity contribution in [1.82, 2.24) is 9.78 Å². The molecule has 22 heavy (non-hydrogen) atoms. The maximum absolute atomic E-state index is 12.9. The van der Waals surface area contributed by atoms with Gasteiger partial charge in [-0.15, -0.1) is 12.4 Å². The summed E-state index contributed by atoms with van der Waals surface area (Å²) in [6.07, 6.45) is -7.21. The topological polar surface area (TPSA) is 43.8 Å². The molecule has 1 aromatic heterocycles. The van der Waals surface area contributed by atoms with E-state index in [1.165, 1.54) is 12.4 Å². The molecule has 0 unspecified atom stereocenters. The van der Waals surface area contributed by atoms with Crippen LogP contribution in [0.25, 0.3) is 0 Å². The molecule has 1 aromatic carbocycles. The van der Waals surface area contributed by atoms with Crippen molar-refractivity contribution < 1.29 is 26.3 Å². The molecule has 0 aliphatic carbocycles. The van der Waals surface area contributed by atoms with Crippen molar-refractivity contribution in [2.24, 2.45) is 0 Å². The number of rotatable bonds is 2. The maximum Gasteiger partial charge on any atom is 0.416 e. The molecule has 2 N–H and O–H groups in total. The van der Waals surface area contributed by atoms with Gasteiger partial charge in [0.15, 0.2) is 0 Å². The Morgan fingerprint density at radius 2 is 1.68 bits per heavy atom. The highest BCUT2D eigenvalue weighted by Crippen LogP contribution is 2.37. The van der Waals surface area contributed by atoms with Crippen LogP contribution in [0, 0.1) is 0 Å². The number of nitrogen functional groups attached to an aromatic ring is 1. The number of hydrogen-bond acceptors (Lipinski definition) is 2. The third-order valence-corrected chi connectivity index (χ3v) is 2.73. The van der Waals surface area contributed by atoms with Crippen molar-refractivity contribution in [2.45, 2.75) is 18.9 Å². The van der Waals surface area contributed by atoms with Crippen LogP contribution in [0.1, 0.15) is 16.7 Å². The van der Waals surface area contributed by atoms with Crippen LogP contribution in [-0.2, 0) is 18.9 Å². The smallest absolute Gasteiger partial charge is 0.396 e. The van der Waals surface area contributed by atoms with Crippen molar-refractivity contribution in [3.8, 4) is 0 Å². The number of alkyl halides is 6. The fraction of sp³-hybridized carbons (Fsp3) is 0.250. The van der Waals surface area contributed by atoms with Crippen LogP contribution in [-0.4, -0.2) is 9.78 Å². The van der Waals surface area contributed by atoms with Gasteiger partial charge in [-0.2, -0.15) is 31.4 Å². The third kappa shape index (κ3) is 4.06. The summed E-state index contributed by atoms with van der Waals surface area (Å²) in [4.78, 5) is 0. The maximum atomic E-state index is 12.9. The number of aromatic nitrogens is 2. The second-order valence-corrected chi connectivity index (χ2v) is 4.34. The van der Waals surface area contributed by atoms with Gasteiger partial charge in [-0.05, 0) is 17.7 Å². The second-order valence-electron chi connectivity index (χ2n) is 4.34. The molecule has 0 spiro atoms. The number of benzene rings is 1. The van der Waals surface area contributed by atoms with Gasteiger partial charge in [0.2, 0.25) is 0 Å². The number of halogens is 7. The number of hydrogen-bond donors (Lipinski definition) is 1. The molecule has 0 aliphatic rings. The van der Waals surface area contributed by atoms with E-state index in [0.29, 0.717) is 6.07 Å². The summed E-state index contributed by atoms with van der Waals surface area (Å²) < 4.78 is 77.4. The van der Waals surface area contributed by atoms with Crippen LogP contribution >= 0.6 is 12.4 Å². The summed E-state index contributed by atoms with van der Waals surface area (Å²) >= 11 is 0. The zero-order chi connectivity index (χ0) is 15.8. The first kappa shape index (κ1) is 18.1. The highest BCUT2D eigenvalue weighted by atomic mass is 35.5. The summed E-state index contributed by atoms with van der Waals surface area (Å²) in [5.41, 5.74) is 2.62. The van der Waals surface area contributed by atoms with Gasteiger partial charge in [0.1, 0.15) is 0 Å². The predicted molar refractivity (Wildman–Crippen MR) is 69.4 cm³/mol. The molecule has 0 bridgehead atoms. The van der Waals surface area contributed by atoms with E-state index in [1.54, 1.807) is 0 Å². The van der Waals surface area contributed by atoms with E-state index in [4.69, 9.17) is 5.73 Å². The molecule has 0 amide bonds. The molecule has 2 aromatic rings. The molecule has 0 aliphatic heterocycles. The molecule has 0 atom stereocenters. The second kappa shape index (κ2) is 6.07. The van der Waals surface area contributed by atoms with Crippen molar-refractivity contribution in [2.75, 3.05) is 5.73 Å². The largest absolute Gasteiger partial charge is 0.416 e. The molecule has 0 saturated heterocycles. The minimum Gasteiger partial charge on any atom is -0.396 e. The fourth-order valence-electron chi connectivity index (χ4n) is 1.80. The van der Waals surface area contributed by atoms with Gasteiger partial charge in [-0.3, -0.25) is 4.68 Å². The Hall–Kier alpha value is -1.90. The number of anilines is 1. The van der Waals surface area contributed by atoms with E-state index in [2.05, 4.69) is 5.10 Å². The van der Waals surface area contributed by atoms with Gasteiger partial charge >= 0.3 is 12.4 Å². The van der Waals surface area contributed by atoms with E-state index in [0.717, 1.165) is 10.7 Å². The lowest BCUT2D eigenvalue weighted by atomic mass is 10.0. The Morgan fingerprint density at radius 1 is 1.05 bits per heavy atom. The number of nitrogens with zero attached hydrogens (tertiary/aromatic N) is 2. The standard InChI is InChI=1S/C12H9F6N3.ClH/c13-11(14,15)8-2-1-7(10(3-8)12(16,17)18)5-21-6-9(19)4-20-21;/h1-4,6H,5,19H2;1H. The predicted octanol–water partition coefficient (Wildman–Crippen LogP) is 3.97. The van der Waals surface area contributed by atoms with E-state index < -0.39 is 23.5 Å². The molecule has 122 valence electrons. The van der Waals surface area contributed by atoms with Crippen LogP contribution in [0.15, 0.2) is 30.6 Å². The normalized spacial score (nSPS) is 12.1. The SMILES string of the molecule is Cl.Nc1cnn(Cc2ccc(C(F)(F)F)cc2C(F)(F)F)c1. The Balaban J connectivity index is 0.00000242. The highest BCUT2D eigenvalue weighted by molar-refractivity contribution is 5.85. The molecule has 3 nitrogen and oxygen atoms in total. The van der Waals surface area contributed by atoms with Gasteiger partial charge in [0.25, 0.3) is 0 Å². The average molecular weight is 346 g/mol. The minimum atomic E-state index is -4.89. The van der Waals surface area contributed by atoms with Crippen LogP contribution in [0.2, 0.25) is 0 Å². The van der Waals surface area contributed by atoms with Crippen LogP contribution in [0.5, 0.6) is 0 Å². The molecule has 10 heteroatoms. The first-order chi connectivity index (χ1) is 9.57. The Labute approximate surface area is 127 Å². The first-order valence-electron chi connectivity index (χ1n) is 5.62. The van der Waals surface area contributed by atoms with Gasteiger partial charge in [-0.1, -0.05) is 6.07 Å². The zero-order valence-electron chi connectivity index (χ0n) is 10.7. The summed E-state index contributed by atoms with van der Waals surface area (Å²) in [7, 11) is 0. The van der Waals surface area contributed by atoms with E-state index in [-0.39, 0.29) is 36.3 Å². The lowest BCUT2D eigenvalue weighted by Gasteiger charge is -2.16. The lowest BCUT2D eigenvalue weighted by Crippen LogP contribution is -2.15. The Bertz CT molecular complexity index is 647. The third-order valence-electron chi connectivity index (χ3n) is 2.73. The van der Waals surface area contributed by atoms with E-state index >= 15 is 0 Å². The van der Waals surface area contributed by atoms with Gasteiger partial charge in [0, 0.05) is 6.20 Å². The summed E-state index contributed by atoms with van der Waals surface area (Å²) in [5, 5.41) is 3.71. The molecular formula is C12H10ClF6N3. The monoisotopic (exact) mass is 345 g/mol. The number of nitrogens with two attached hydrogens (primary N) is 1. The van der Waals surface area contributed by atoms with Crippen LogP contribution in [0.3, 0.4) is 0 Å². The summed E-state index contributed by atoms with van der Waals surface area (Å²) in [5.74, 6) is 0. The van der Waals surface area contributed by atoms with Gasteiger partial charge < -0.3 is 5.73 Å². The molecule has 2 rings (SSSR count). The van der Waals surface area contributed by atoms with Crippen LogP contribution < -0.4 is 5.73 Å². The van der Waals surface area contributed by atoms with Crippen LogP contribution in [0.4, 0.5) is 32.0 Å². The highest BCUT2D eigenvalue weighted by Gasteiger charge is 2.38. The van der Waals surface area contributed by atoms with Crippen molar-refractivity contribution >= 4 is 18.1 Å². The molecular weight excluding hydrogens is 336 g/mol. The van der Waals surface area contributed by atoms with Crippen molar-refractivity contribution in [1.29, 1.82) is 0 Å². The molecule has 0 saturated carbocycles. The van der Waals surface area contributed by atoms with Crippen molar-refractivity contribution in [3.05, 3.63) is 47.3 Å². The zero-order valence-corrected chi connectivity index (χ0v) is 11.6. The molecule has 1 heterocycles. The summed E-state index contributed by atoms with van der Waals surface area (Å²) in [6.45, 7) is -0.329. The van der Waals surface area contributed by atoms with Crippen molar-refractivity contribution in [3.63, 3.8) is 0 Å². The summed E-state index contributed by atoms with van der Waals surface area (Å²) in [6, 6.07) is 1.50. The average Bonchev–Trinajstić information content (AvgIpc) is 2.72. The van der Waals surface area contributed by atoms with Gasteiger partial charge in [0.05, 0.1) is 29.6 Å². The Morgan fingerprint density at radius 3 is 2.14 bits per heavy atom. The fourth-order valence-corrected chi connectivity index (χ4v) is 1.80. The Kier molecular flexibility index (Phi) is 5.01. The van der Waals surface area contributed by atoms with E-state index in [9.17, 15) is 26.3 Å². The molecule has 0 radical (unpaired) electrons. The lowest BCUT2D eigenvalue weighted by molar-refractivity contribution is -0.143. The van der Waals surface area contributed by atoms with E-state index in [1.807, 2.05) is 0 Å². The quantitative estimate of drug-likeness (QED) is 0.837. The van der Waals surface area contributed by atoms with Gasteiger partial charge in [-0.25, -0.2) is 0 Å². The minimum absolute atomic E-state index is 0. The first-order valence-corrected chi connectivity index (χ1v) is 5.62. The molecule has 0 fully saturated rings.